The van der Waals surface area contributed by atoms with Crippen molar-refractivity contribution >= 4 is 5.91 Å². The molecule has 0 spiro atoms. The van der Waals surface area contributed by atoms with E-state index in [-0.39, 0.29) is 12.0 Å². The van der Waals surface area contributed by atoms with Gasteiger partial charge in [-0.2, -0.15) is 5.10 Å². The van der Waals surface area contributed by atoms with Crippen molar-refractivity contribution in [2.45, 2.75) is 25.4 Å². The van der Waals surface area contributed by atoms with Gasteiger partial charge in [0.25, 0.3) is 5.91 Å². The Balaban J connectivity index is 1.63. The first-order chi connectivity index (χ1) is 14.3. The van der Waals surface area contributed by atoms with E-state index in [0.29, 0.717) is 23.6 Å². The molecule has 1 atom stereocenters. The number of aromatic nitrogens is 2. The molecule has 0 bridgehead atoms. The van der Waals surface area contributed by atoms with E-state index >= 15 is 0 Å². The van der Waals surface area contributed by atoms with E-state index in [0.717, 1.165) is 37.1 Å². The molecular weight excluding hydrogens is 366 g/mol. The molecule has 6 nitrogen and oxygen atoms in total. The molecule has 6 heteroatoms. The molecule has 1 amide bonds. The van der Waals surface area contributed by atoms with Crippen molar-refractivity contribution in [1.29, 1.82) is 0 Å². The molecule has 1 saturated heterocycles. The third kappa shape index (κ3) is 4.32. The monoisotopic (exact) mass is 391 g/mol. The molecule has 1 aliphatic rings. The van der Waals surface area contributed by atoms with Crippen molar-refractivity contribution in [3.05, 3.63) is 66.4 Å². The van der Waals surface area contributed by atoms with E-state index in [1.807, 2.05) is 54.6 Å². The molecule has 0 aliphatic carbocycles. The highest BCUT2D eigenvalue weighted by Crippen LogP contribution is 2.31. The van der Waals surface area contributed by atoms with Crippen molar-refractivity contribution in [3.8, 4) is 22.7 Å². The maximum atomic E-state index is 13.0. The lowest BCUT2D eigenvalue weighted by molar-refractivity contribution is 0.0907. The molecule has 3 aromatic rings. The quantitative estimate of drug-likeness (QED) is 0.664. The van der Waals surface area contributed by atoms with Crippen LogP contribution >= 0.6 is 0 Å². The van der Waals surface area contributed by atoms with E-state index in [1.165, 1.54) is 0 Å². The van der Waals surface area contributed by atoms with Crippen LogP contribution in [0.3, 0.4) is 0 Å². The highest BCUT2D eigenvalue weighted by molar-refractivity contribution is 6.00. The fourth-order valence-corrected chi connectivity index (χ4v) is 3.61. The number of hydrogen-bond donors (Lipinski definition) is 1. The van der Waals surface area contributed by atoms with Crippen LogP contribution < -0.4 is 10.1 Å². The minimum absolute atomic E-state index is 0.147. The SMILES string of the molecule is COc1ccccc1-c1nn(-c2ccccc2)cc1C(=O)NCCC1CCCO1. The molecular formula is C23H25N3O3. The summed E-state index contributed by atoms with van der Waals surface area (Å²) in [5.74, 6) is 0.533. The summed E-state index contributed by atoms with van der Waals surface area (Å²) < 4.78 is 12.9. The molecule has 1 aliphatic heterocycles. The maximum absolute atomic E-state index is 13.0. The van der Waals surface area contributed by atoms with Crippen LogP contribution in [0.1, 0.15) is 29.6 Å². The lowest BCUT2D eigenvalue weighted by Crippen LogP contribution is -2.27. The van der Waals surface area contributed by atoms with Crippen LogP contribution in [0.25, 0.3) is 16.9 Å². The van der Waals surface area contributed by atoms with Crippen molar-refractivity contribution in [2.75, 3.05) is 20.3 Å². The molecule has 1 aromatic heterocycles. The maximum Gasteiger partial charge on any atom is 0.255 e. The Morgan fingerprint density at radius 3 is 2.76 bits per heavy atom. The summed E-state index contributed by atoms with van der Waals surface area (Å²) in [4.78, 5) is 13.0. The van der Waals surface area contributed by atoms with Gasteiger partial charge >= 0.3 is 0 Å². The smallest absolute Gasteiger partial charge is 0.255 e. The number of methoxy groups -OCH3 is 1. The number of carbonyl (C=O) groups excluding carboxylic acids is 1. The number of benzene rings is 2. The van der Waals surface area contributed by atoms with Crippen LogP contribution in [-0.4, -0.2) is 42.1 Å². The molecule has 1 N–H and O–H groups in total. The first kappa shape index (κ1) is 19.2. The Hall–Kier alpha value is -3.12. The summed E-state index contributed by atoms with van der Waals surface area (Å²) in [6, 6.07) is 17.4. The van der Waals surface area contributed by atoms with Crippen LogP contribution in [0.4, 0.5) is 0 Å². The van der Waals surface area contributed by atoms with E-state index in [4.69, 9.17) is 14.6 Å². The van der Waals surface area contributed by atoms with Crippen LogP contribution in [0.2, 0.25) is 0 Å². The summed E-state index contributed by atoms with van der Waals surface area (Å²) in [6.45, 7) is 1.39. The Morgan fingerprint density at radius 2 is 2.00 bits per heavy atom. The number of rotatable bonds is 7. The van der Waals surface area contributed by atoms with Crippen molar-refractivity contribution < 1.29 is 14.3 Å². The Kier molecular flexibility index (Phi) is 5.91. The molecule has 29 heavy (non-hydrogen) atoms. The van der Waals surface area contributed by atoms with E-state index in [1.54, 1.807) is 18.0 Å². The number of ether oxygens (including phenoxy) is 2. The van der Waals surface area contributed by atoms with E-state index in [9.17, 15) is 4.79 Å². The van der Waals surface area contributed by atoms with Crippen LogP contribution in [-0.2, 0) is 4.74 Å². The van der Waals surface area contributed by atoms with Gasteiger partial charge in [0.15, 0.2) is 0 Å². The molecule has 0 saturated carbocycles. The van der Waals surface area contributed by atoms with Crippen molar-refractivity contribution in [1.82, 2.24) is 15.1 Å². The zero-order valence-electron chi connectivity index (χ0n) is 16.5. The first-order valence-corrected chi connectivity index (χ1v) is 9.94. The second-order valence-corrected chi connectivity index (χ2v) is 7.05. The fraction of sp³-hybridized carbons (Fsp3) is 0.304. The Bertz CT molecular complexity index is 963. The number of amides is 1. The minimum Gasteiger partial charge on any atom is -0.496 e. The normalized spacial score (nSPS) is 16.0. The standard InChI is InChI=1S/C23H25N3O3/c1-28-21-12-6-5-11-19(21)22-20(16-26(25-22)17-8-3-2-4-9-17)23(27)24-14-13-18-10-7-15-29-18/h2-6,8-9,11-12,16,18H,7,10,13-15H2,1H3,(H,24,27). The predicted molar refractivity (Wildman–Crippen MR) is 111 cm³/mol. The molecule has 1 fully saturated rings. The summed E-state index contributed by atoms with van der Waals surface area (Å²) in [6.07, 6.45) is 5.01. The van der Waals surface area contributed by atoms with Gasteiger partial charge < -0.3 is 14.8 Å². The number of carbonyl (C=O) groups is 1. The lowest BCUT2D eigenvalue weighted by atomic mass is 10.1. The average Bonchev–Trinajstić information content (AvgIpc) is 3.44. The topological polar surface area (TPSA) is 65.4 Å². The van der Waals surface area contributed by atoms with Gasteiger partial charge in [0.1, 0.15) is 11.4 Å². The Morgan fingerprint density at radius 1 is 1.21 bits per heavy atom. The van der Waals surface area contributed by atoms with Crippen molar-refractivity contribution in [2.24, 2.45) is 0 Å². The zero-order chi connectivity index (χ0) is 20.1. The highest BCUT2D eigenvalue weighted by Gasteiger charge is 2.22. The van der Waals surface area contributed by atoms with E-state index < -0.39 is 0 Å². The summed E-state index contributed by atoms with van der Waals surface area (Å²) >= 11 is 0. The largest absolute Gasteiger partial charge is 0.496 e. The minimum atomic E-state index is -0.147. The number of nitrogens with one attached hydrogen (secondary N) is 1. The van der Waals surface area contributed by atoms with Gasteiger partial charge in [-0.05, 0) is 43.5 Å². The van der Waals surface area contributed by atoms with E-state index in [2.05, 4.69) is 5.32 Å². The summed E-state index contributed by atoms with van der Waals surface area (Å²) in [7, 11) is 1.62. The second kappa shape index (κ2) is 8.92. The molecule has 0 radical (unpaired) electrons. The second-order valence-electron chi connectivity index (χ2n) is 7.05. The number of nitrogens with zero attached hydrogens (tertiary/aromatic N) is 2. The predicted octanol–water partition coefficient (Wildman–Crippen LogP) is 3.85. The van der Waals surface area contributed by atoms with Gasteiger partial charge in [0.2, 0.25) is 0 Å². The molecule has 2 heterocycles. The molecule has 4 rings (SSSR count). The number of para-hydroxylation sites is 2. The Labute approximate surface area is 170 Å². The van der Waals surface area contributed by atoms with Crippen molar-refractivity contribution in [3.63, 3.8) is 0 Å². The molecule has 150 valence electrons. The highest BCUT2D eigenvalue weighted by atomic mass is 16.5. The van der Waals surface area contributed by atoms with Crippen LogP contribution in [0.5, 0.6) is 5.75 Å². The van der Waals surface area contributed by atoms with Gasteiger partial charge in [-0.3, -0.25) is 4.79 Å². The third-order valence-electron chi connectivity index (χ3n) is 5.12. The fourth-order valence-electron chi connectivity index (χ4n) is 3.61. The molecule has 1 unspecified atom stereocenters. The summed E-state index contributed by atoms with van der Waals surface area (Å²) in [5.41, 5.74) is 2.79. The summed E-state index contributed by atoms with van der Waals surface area (Å²) in [5, 5.41) is 7.74. The van der Waals surface area contributed by atoms with Gasteiger partial charge in [0, 0.05) is 24.9 Å². The number of hydrogen-bond acceptors (Lipinski definition) is 4. The molecule has 2 aromatic carbocycles. The van der Waals surface area contributed by atoms with Gasteiger partial charge in [-0.1, -0.05) is 30.3 Å². The zero-order valence-corrected chi connectivity index (χ0v) is 16.5. The van der Waals surface area contributed by atoms with Crippen LogP contribution in [0.15, 0.2) is 60.8 Å². The van der Waals surface area contributed by atoms with Gasteiger partial charge in [-0.15, -0.1) is 0 Å². The van der Waals surface area contributed by atoms with Gasteiger partial charge in [0.05, 0.1) is 24.5 Å². The first-order valence-electron chi connectivity index (χ1n) is 9.94. The van der Waals surface area contributed by atoms with Crippen LogP contribution in [0, 0.1) is 0 Å². The average molecular weight is 391 g/mol. The lowest BCUT2D eigenvalue weighted by Gasteiger charge is -2.11. The third-order valence-corrected chi connectivity index (χ3v) is 5.12. The van der Waals surface area contributed by atoms with Gasteiger partial charge in [-0.25, -0.2) is 4.68 Å².